The highest BCUT2D eigenvalue weighted by Gasteiger charge is 2.16. The molecule has 6 heteroatoms. The highest BCUT2D eigenvalue weighted by molar-refractivity contribution is 7.17. The fourth-order valence-corrected chi connectivity index (χ4v) is 2.66. The van der Waals surface area contributed by atoms with Crippen molar-refractivity contribution in [3.8, 4) is 0 Å². The summed E-state index contributed by atoms with van der Waals surface area (Å²) in [5, 5.41) is 3.70. The molecule has 110 valence electrons. The number of nitrogens with one attached hydrogen (secondary N) is 1. The van der Waals surface area contributed by atoms with Gasteiger partial charge in [-0.1, -0.05) is 23.5 Å². The SMILES string of the molecule is CCOC(=O)c1sc(Nc2cccc(C(C)=O)c2)nc1C. The van der Waals surface area contributed by atoms with E-state index in [9.17, 15) is 9.59 Å². The molecule has 21 heavy (non-hydrogen) atoms. The molecule has 0 atom stereocenters. The van der Waals surface area contributed by atoms with E-state index in [2.05, 4.69) is 10.3 Å². The molecule has 0 amide bonds. The number of thiazole rings is 1. The number of rotatable bonds is 5. The van der Waals surface area contributed by atoms with E-state index in [1.54, 1.807) is 32.0 Å². The van der Waals surface area contributed by atoms with Crippen LogP contribution in [0.5, 0.6) is 0 Å². The second kappa shape index (κ2) is 6.49. The molecule has 2 aromatic rings. The molecule has 0 radical (unpaired) electrons. The summed E-state index contributed by atoms with van der Waals surface area (Å²) in [6.45, 7) is 5.38. The van der Waals surface area contributed by atoms with Crippen LogP contribution in [0.2, 0.25) is 0 Å². The maximum atomic E-state index is 11.8. The maximum Gasteiger partial charge on any atom is 0.350 e. The van der Waals surface area contributed by atoms with Crippen LogP contribution in [0.15, 0.2) is 24.3 Å². The number of carbonyl (C=O) groups is 2. The first-order valence-electron chi connectivity index (χ1n) is 6.53. The van der Waals surface area contributed by atoms with Gasteiger partial charge >= 0.3 is 5.97 Å². The van der Waals surface area contributed by atoms with Gasteiger partial charge in [0, 0.05) is 11.3 Å². The van der Waals surface area contributed by atoms with E-state index in [4.69, 9.17) is 4.74 Å². The van der Waals surface area contributed by atoms with Crippen molar-refractivity contribution in [2.24, 2.45) is 0 Å². The Morgan fingerprint density at radius 1 is 1.38 bits per heavy atom. The van der Waals surface area contributed by atoms with Crippen LogP contribution in [0.4, 0.5) is 10.8 Å². The number of hydrogen-bond donors (Lipinski definition) is 1. The minimum atomic E-state index is -0.363. The zero-order valence-corrected chi connectivity index (χ0v) is 12.9. The van der Waals surface area contributed by atoms with Crippen LogP contribution in [-0.2, 0) is 4.74 Å². The summed E-state index contributed by atoms with van der Waals surface area (Å²) in [6.07, 6.45) is 0. The van der Waals surface area contributed by atoms with Gasteiger partial charge in [-0.3, -0.25) is 4.79 Å². The molecule has 0 aliphatic rings. The van der Waals surface area contributed by atoms with E-state index in [-0.39, 0.29) is 11.8 Å². The van der Waals surface area contributed by atoms with E-state index in [0.717, 1.165) is 5.69 Å². The monoisotopic (exact) mass is 304 g/mol. The third-order valence-electron chi connectivity index (χ3n) is 2.78. The molecule has 0 unspecified atom stereocenters. The summed E-state index contributed by atoms with van der Waals surface area (Å²) in [5.41, 5.74) is 2.01. The quantitative estimate of drug-likeness (QED) is 0.675. The Balaban J connectivity index is 2.20. The zero-order valence-electron chi connectivity index (χ0n) is 12.1. The Labute approximate surface area is 127 Å². The highest BCUT2D eigenvalue weighted by Crippen LogP contribution is 2.26. The van der Waals surface area contributed by atoms with Gasteiger partial charge in [0.2, 0.25) is 0 Å². The van der Waals surface area contributed by atoms with Crippen LogP contribution in [-0.4, -0.2) is 23.3 Å². The molecule has 1 heterocycles. The van der Waals surface area contributed by atoms with Crippen LogP contribution in [0.3, 0.4) is 0 Å². The lowest BCUT2D eigenvalue weighted by atomic mass is 10.1. The molecular formula is C15H16N2O3S. The van der Waals surface area contributed by atoms with Crippen molar-refractivity contribution in [1.29, 1.82) is 0 Å². The topological polar surface area (TPSA) is 68.3 Å². The number of esters is 1. The first-order chi connectivity index (χ1) is 10.0. The molecule has 0 fully saturated rings. The second-order valence-electron chi connectivity index (χ2n) is 4.42. The standard InChI is InChI=1S/C15H16N2O3S/c1-4-20-14(19)13-9(2)16-15(21-13)17-12-7-5-6-11(8-12)10(3)18/h5-8H,4H2,1-3H3,(H,16,17). The minimum absolute atomic E-state index is 0.00109. The van der Waals surface area contributed by atoms with E-state index in [0.29, 0.717) is 27.9 Å². The van der Waals surface area contributed by atoms with Crippen LogP contribution in [0.25, 0.3) is 0 Å². The van der Waals surface area contributed by atoms with Gasteiger partial charge in [0.05, 0.1) is 12.3 Å². The third kappa shape index (κ3) is 3.66. The summed E-state index contributed by atoms with van der Waals surface area (Å²) >= 11 is 1.23. The first-order valence-corrected chi connectivity index (χ1v) is 7.35. The van der Waals surface area contributed by atoms with E-state index in [1.165, 1.54) is 18.3 Å². The van der Waals surface area contributed by atoms with Gasteiger partial charge in [0.1, 0.15) is 4.88 Å². The molecule has 0 saturated heterocycles. The average molecular weight is 304 g/mol. The smallest absolute Gasteiger partial charge is 0.350 e. The van der Waals surface area contributed by atoms with Gasteiger partial charge in [0.15, 0.2) is 10.9 Å². The lowest BCUT2D eigenvalue weighted by Gasteiger charge is -2.03. The summed E-state index contributed by atoms with van der Waals surface area (Å²) < 4.78 is 4.98. The normalized spacial score (nSPS) is 10.2. The molecule has 0 spiro atoms. The molecule has 2 rings (SSSR count). The Hall–Kier alpha value is -2.21. The van der Waals surface area contributed by atoms with Crippen molar-refractivity contribution in [1.82, 2.24) is 4.98 Å². The number of aryl methyl sites for hydroxylation is 1. The van der Waals surface area contributed by atoms with Gasteiger partial charge < -0.3 is 10.1 Å². The maximum absolute atomic E-state index is 11.8. The van der Waals surface area contributed by atoms with Crippen LogP contribution < -0.4 is 5.32 Å². The molecule has 0 aliphatic heterocycles. The number of ketones is 1. The second-order valence-corrected chi connectivity index (χ2v) is 5.42. The number of benzene rings is 1. The zero-order chi connectivity index (χ0) is 15.4. The summed E-state index contributed by atoms with van der Waals surface area (Å²) in [7, 11) is 0. The lowest BCUT2D eigenvalue weighted by Crippen LogP contribution is -2.03. The van der Waals surface area contributed by atoms with Crippen LogP contribution in [0, 0.1) is 6.92 Å². The number of Topliss-reactive ketones (excluding diaryl/α,β-unsaturated/α-hetero) is 1. The van der Waals surface area contributed by atoms with Gasteiger partial charge in [-0.05, 0) is 32.9 Å². The molecule has 0 bridgehead atoms. The Kier molecular flexibility index (Phi) is 4.70. The van der Waals surface area contributed by atoms with Gasteiger partial charge in [-0.25, -0.2) is 9.78 Å². The summed E-state index contributed by atoms with van der Waals surface area (Å²) in [6, 6.07) is 7.15. The highest BCUT2D eigenvalue weighted by atomic mass is 32.1. The number of ether oxygens (including phenoxy) is 1. The number of carbonyl (C=O) groups excluding carboxylic acids is 2. The van der Waals surface area contributed by atoms with Crippen molar-refractivity contribution in [2.75, 3.05) is 11.9 Å². The van der Waals surface area contributed by atoms with E-state index >= 15 is 0 Å². The van der Waals surface area contributed by atoms with Crippen molar-refractivity contribution in [3.63, 3.8) is 0 Å². The minimum Gasteiger partial charge on any atom is -0.462 e. The summed E-state index contributed by atoms with van der Waals surface area (Å²) in [4.78, 5) is 27.9. The number of hydrogen-bond acceptors (Lipinski definition) is 6. The Bertz CT molecular complexity index is 679. The number of anilines is 2. The fourth-order valence-electron chi connectivity index (χ4n) is 1.78. The molecule has 1 N–H and O–H groups in total. The lowest BCUT2D eigenvalue weighted by molar-refractivity contribution is 0.0531. The number of aromatic nitrogens is 1. The molecule has 1 aromatic carbocycles. The van der Waals surface area contributed by atoms with Crippen LogP contribution in [0.1, 0.15) is 39.6 Å². The molecule has 0 aliphatic carbocycles. The predicted molar refractivity (Wildman–Crippen MR) is 82.5 cm³/mol. The summed E-state index contributed by atoms with van der Waals surface area (Å²) in [5.74, 6) is -0.362. The van der Waals surface area contributed by atoms with Gasteiger partial charge in [-0.15, -0.1) is 0 Å². The van der Waals surface area contributed by atoms with Crippen molar-refractivity contribution < 1.29 is 14.3 Å². The van der Waals surface area contributed by atoms with Gasteiger partial charge in [-0.2, -0.15) is 0 Å². The van der Waals surface area contributed by atoms with E-state index in [1.807, 2.05) is 6.07 Å². The molecule has 0 saturated carbocycles. The van der Waals surface area contributed by atoms with E-state index < -0.39 is 0 Å². The Morgan fingerprint density at radius 3 is 2.81 bits per heavy atom. The van der Waals surface area contributed by atoms with Crippen LogP contribution >= 0.6 is 11.3 Å². The van der Waals surface area contributed by atoms with Crippen molar-refractivity contribution in [3.05, 3.63) is 40.4 Å². The molecule has 5 nitrogen and oxygen atoms in total. The number of nitrogens with zero attached hydrogens (tertiary/aromatic N) is 1. The molecule has 1 aromatic heterocycles. The largest absolute Gasteiger partial charge is 0.462 e. The van der Waals surface area contributed by atoms with Gasteiger partial charge in [0.25, 0.3) is 0 Å². The first kappa shape index (κ1) is 15.2. The van der Waals surface area contributed by atoms with Crippen molar-refractivity contribution in [2.45, 2.75) is 20.8 Å². The third-order valence-corrected chi connectivity index (χ3v) is 3.83. The fraction of sp³-hybridized carbons (Fsp3) is 0.267. The Morgan fingerprint density at radius 2 is 2.14 bits per heavy atom. The van der Waals surface area contributed by atoms with Crippen molar-refractivity contribution >= 4 is 33.9 Å². The molecular weight excluding hydrogens is 288 g/mol. The average Bonchev–Trinajstić information content (AvgIpc) is 2.80. The predicted octanol–water partition coefficient (Wildman–Crippen LogP) is 3.57.